The third-order valence-electron chi connectivity index (χ3n) is 4.82. The fourth-order valence-electron chi connectivity index (χ4n) is 3.42. The van der Waals surface area contributed by atoms with Crippen LogP contribution in [0, 0.1) is 0 Å². The summed E-state index contributed by atoms with van der Waals surface area (Å²) in [4.78, 5) is 4.75. The van der Waals surface area contributed by atoms with Crippen molar-refractivity contribution in [3.8, 4) is 11.5 Å². The van der Waals surface area contributed by atoms with Gasteiger partial charge in [0.25, 0.3) is 0 Å². The quantitative estimate of drug-likeness (QED) is 0.588. The lowest BCUT2D eigenvalue weighted by atomic mass is 9.94. The molecule has 3 aromatic carbocycles. The predicted molar refractivity (Wildman–Crippen MR) is 114 cm³/mol. The second-order valence-corrected chi connectivity index (χ2v) is 6.65. The molecule has 3 nitrogen and oxygen atoms in total. The maximum Gasteiger partial charge on any atom is 0.128 e. The molecule has 0 amide bonds. The van der Waals surface area contributed by atoms with Gasteiger partial charge in [-0.2, -0.15) is 0 Å². The number of hydrogen-bond acceptors (Lipinski definition) is 3. The molecule has 3 heteroatoms. The first-order chi connectivity index (χ1) is 13.8. The van der Waals surface area contributed by atoms with E-state index in [0.29, 0.717) is 6.61 Å². The molecule has 3 aromatic rings. The Morgan fingerprint density at radius 2 is 1.57 bits per heavy atom. The molecule has 0 aromatic heterocycles. The van der Waals surface area contributed by atoms with E-state index in [0.717, 1.165) is 52.4 Å². The summed E-state index contributed by atoms with van der Waals surface area (Å²) in [6.07, 6.45) is 5.00. The topological polar surface area (TPSA) is 30.8 Å². The van der Waals surface area contributed by atoms with E-state index in [2.05, 4.69) is 36.4 Å². The zero-order chi connectivity index (χ0) is 19.2. The highest BCUT2D eigenvalue weighted by molar-refractivity contribution is 6.14. The van der Waals surface area contributed by atoms with E-state index in [1.165, 1.54) is 0 Å². The molecular formula is C25H23NO2. The molecule has 0 saturated heterocycles. The lowest BCUT2D eigenvalue weighted by molar-refractivity contribution is 0.302. The van der Waals surface area contributed by atoms with Crippen LogP contribution < -0.4 is 9.47 Å². The van der Waals surface area contributed by atoms with E-state index >= 15 is 0 Å². The summed E-state index contributed by atoms with van der Waals surface area (Å²) in [5.74, 6) is 1.73. The molecule has 0 bridgehead atoms. The van der Waals surface area contributed by atoms with E-state index in [-0.39, 0.29) is 0 Å². The van der Waals surface area contributed by atoms with Crippen molar-refractivity contribution in [2.24, 2.45) is 4.99 Å². The van der Waals surface area contributed by atoms with Crippen LogP contribution in [0.2, 0.25) is 0 Å². The van der Waals surface area contributed by atoms with Gasteiger partial charge in [0.1, 0.15) is 18.1 Å². The third-order valence-corrected chi connectivity index (χ3v) is 4.82. The summed E-state index contributed by atoms with van der Waals surface area (Å²) in [6, 6.07) is 24.4. The number of benzene rings is 3. The predicted octanol–water partition coefficient (Wildman–Crippen LogP) is 5.33. The van der Waals surface area contributed by atoms with Crippen LogP contribution in [0.15, 0.2) is 83.9 Å². The first-order valence-corrected chi connectivity index (χ1v) is 9.49. The van der Waals surface area contributed by atoms with Crippen molar-refractivity contribution in [1.29, 1.82) is 0 Å². The fourth-order valence-corrected chi connectivity index (χ4v) is 3.42. The number of methoxy groups -OCH3 is 1. The van der Waals surface area contributed by atoms with Crippen molar-refractivity contribution >= 4 is 11.8 Å². The Morgan fingerprint density at radius 3 is 2.32 bits per heavy atom. The van der Waals surface area contributed by atoms with E-state index in [1.807, 2.05) is 48.5 Å². The smallest absolute Gasteiger partial charge is 0.128 e. The maximum absolute atomic E-state index is 6.17. The summed E-state index contributed by atoms with van der Waals surface area (Å²) < 4.78 is 11.8. The van der Waals surface area contributed by atoms with Crippen LogP contribution >= 0.6 is 0 Å². The molecule has 0 spiro atoms. The number of allylic oxidation sites excluding steroid dienone is 1. The second-order valence-electron chi connectivity index (χ2n) is 6.65. The Bertz CT molecular complexity index is 992. The minimum atomic E-state index is 0.548. The molecule has 0 atom stereocenters. The summed E-state index contributed by atoms with van der Waals surface area (Å²) in [5, 5.41) is 0. The normalized spacial score (nSPS) is 13.1. The van der Waals surface area contributed by atoms with Gasteiger partial charge in [-0.25, -0.2) is 0 Å². The minimum Gasteiger partial charge on any atom is -0.496 e. The largest absolute Gasteiger partial charge is 0.496 e. The van der Waals surface area contributed by atoms with Gasteiger partial charge in [-0.05, 0) is 35.8 Å². The molecule has 0 unspecified atom stereocenters. The van der Waals surface area contributed by atoms with Crippen molar-refractivity contribution in [3.05, 3.63) is 101 Å². The van der Waals surface area contributed by atoms with Crippen molar-refractivity contribution in [1.82, 2.24) is 0 Å². The van der Waals surface area contributed by atoms with Gasteiger partial charge >= 0.3 is 0 Å². The van der Waals surface area contributed by atoms with Gasteiger partial charge in [0.05, 0.1) is 12.8 Å². The molecule has 0 saturated carbocycles. The zero-order valence-corrected chi connectivity index (χ0v) is 16.0. The third kappa shape index (κ3) is 3.99. The molecule has 4 rings (SSSR count). The van der Waals surface area contributed by atoms with Crippen LogP contribution in [0.1, 0.15) is 22.3 Å². The maximum atomic E-state index is 6.17. The molecule has 1 heterocycles. The lowest BCUT2D eigenvalue weighted by Crippen LogP contribution is -2.14. The Labute approximate surface area is 166 Å². The van der Waals surface area contributed by atoms with Gasteiger partial charge in [-0.15, -0.1) is 0 Å². The molecule has 0 radical (unpaired) electrons. The van der Waals surface area contributed by atoms with Gasteiger partial charge in [-0.3, -0.25) is 4.99 Å². The molecule has 140 valence electrons. The van der Waals surface area contributed by atoms with Crippen LogP contribution in [0.4, 0.5) is 0 Å². The van der Waals surface area contributed by atoms with Crippen molar-refractivity contribution in [3.63, 3.8) is 0 Å². The first-order valence-electron chi connectivity index (χ1n) is 9.49. The molecule has 28 heavy (non-hydrogen) atoms. The summed E-state index contributed by atoms with van der Waals surface area (Å²) in [5.41, 5.74) is 5.44. The van der Waals surface area contributed by atoms with Crippen LogP contribution in [0.5, 0.6) is 11.5 Å². The average molecular weight is 369 g/mol. The van der Waals surface area contributed by atoms with Gasteiger partial charge in [0.2, 0.25) is 0 Å². The summed E-state index contributed by atoms with van der Waals surface area (Å²) in [7, 11) is 1.70. The zero-order valence-electron chi connectivity index (χ0n) is 16.0. The Morgan fingerprint density at radius 1 is 0.857 bits per heavy atom. The van der Waals surface area contributed by atoms with E-state index < -0.39 is 0 Å². The van der Waals surface area contributed by atoms with Crippen molar-refractivity contribution < 1.29 is 9.47 Å². The molecule has 1 aliphatic rings. The number of aliphatic imine (C=N–C) groups is 1. The average Bonchev–Trinajstić information content (AvgIpc) is 2.77. The summed E-state index contributed by atoms with van der Waals surface area (Å²) >= 11 is 0. The highest BCUT2D eigenvalue weighted by atomic mass is 16.5. The monoisotopic (exact) mass is 369 g/mol. The Hall–Kier alpha value is -3.33. The molecule has 0 aliphatic carbocycles. The number of fused-ring (bicyclic) bond motifs is 1. The van der Waals surface area contributed by atoms with E-state index in [4.69, 9.17) is 14.5 Å². The molecule has 0 fully saturated rings. The fraction of sp³-hybridized carbons (Fsp3) is 0.160. The minimum absolute atomic E-state index is 0.548. The lowest BCUT2D eigenvalue weighted by Gasteiger charge is -2.21. The first kappa shape index (κ1) is 18.1. The van der Waals surface area contributed by atoms with Gasteiger partial charge in [0, 0.05) is 17.7 Å². The summed E-state index contributed by atoms with van der Waals surface area (Å²) in [6.45, 7) is 1.29. The second kappa shape index (κ2) is 8.57. The van der Waals surface area contributed by atoms with Crippen LogP contribution in [0.25, 0.3) is 6.08 Å². The highest BCUT2D eigenvalue weighted by Crippen LogP contribution is 2.34. The van der Waals surface area contributed by atoms with Gasteiger partial charge in [0.15, 0.2) is 0 Å². The van der Waals surface area contributed by atoms with Crippen molar-refractivity contribution in [2.45, 2.75) is 13.0 Å². The number of hydrogen-bond donors (Lipinski definition) is 0. The van der Waals surface area contributed by atoms with Crippen LogP contribution in [-0.2, 0) is 13.0 Å². The highest BCUT2D eigenvalue weighted by Gasteiger charge is 2.21. The van der Waals surface area contributed by atoms with Crippen molar-refractivity contribution in [2.75, 3.05) is 13.7 Å². The Kier molecular flexibility index (Phi) is 5.53. The molecule has 0 N–H and O–H groups in total. The van der Waals surface area contributed by atoms with Gasteiger partial charge in [-0.1, -0.05) is 66.7 Å². The van der Waals surface area contributed by atoms with Crippen LogP contribution in [0.3, 0.4) is 0 Å². The SMILES string of the molecule is COc1ccc(OCc2ccccc2)c2c1C(C=Cc1ccccc1)=NCC2. The Balaban J connectivity index is 1.64. The van der Waals surface area contributed by atoms with Gasteiger partial charge < -0.3 is 9.47 Å². The number of ether oxygens (including phenoxy) is 2. The molecular weight excluding hydrogens is 346 g/mol. The van der Waals surface area contributed by atoms with Crippen LogP contribution in [-0.4, -0.2) is 19.4 Å². The van der Waals surface area contributed by atoms with E-state index in [9.17, 15) is 0 Å². The van der Waals surface area contributed by atoms with E-state index in [1.54, 1.807) is 7.11 Å². The number of rotatable bonds is 6. The number of nitrogens with zero attached hydrogens (tertiary/aromatic N) is 1. The molecule has 1 aliphatic heterocycles. The standard InChI is InChI=1S/C25H23NO2/c1-27-24-15-14-23(28-18-20-10-6-3-7-11-20)21-16-17-26-22(25(21)24)13-12-19-8-4-2-5-9-19/h2-15H,16-18H2,1H3.